The number of rotatable bonds is 3. The number of hydrogen-bond acceptors (Lipinski definition) is 6. The number of carbonyl (C=O) groups excluding carboxylic acids is 1. The minimum Gasteiger partial charge on any atom is -0.467 e. The lowest BCUT2D eigenvalue weighted by molar-refractivity contribution is -0.141. The van der Waals surface area contributed by atoms with Crippen LogP contribution in [0.3, 0.4) is 0 Å². The zero-order valence-corrected chi connectivity index (χ0v) is 15.3. The molecule has 6 heteroatoms. The van der Waals surface area contributed by atoms with E-state index in [1.165, 1.54) is 13.2 Å². The van der Waals surface area contributed by atoms with Crippen LogP contribution in [0.1, 0.15) is 18.4 Å². The van der Waals surface area contributed by atoms with Crippen molar-refractivity contribution in [2.24, 2.45) is 0 Å². The second-order valence-corrected chi connectivity index (χ2v) is 6.69. The zero-order valence-electron chi connectivity index (χ0n) is 15.3. The molecule has 27 heavy (non-hydrogen) atoms. The number of fused-ring (bicyclic) bond motifs is 1. The summed E-state index contributed by atoms with van der Waals surface area (Å²) in [6, 6.07) is 12.8. The Morgan fingerprint density at radius 1 is 1.22 bits per heavy atom. The molecule has 1 saturated heterocycles. The first-order valence-corrected chi connectivity index (χ1v) is 8.94. The molecular weight excluding hydrogens is 344 g/mol. The third kappa shape index (κ3) is 3.07. The van der Waals surface area contributed by atoms with E-state index >= 15 is 0 Å². The van der Waals surface area contributed by atoms with Crippen molar-refractivity contribution in [2.45, 2.75) is 25.8 Å². The number of methoxy groups -OCH3 is 1. The van der Waals surface area contributed by atoms with E-state index < -0.39 is 5.63 Å². The fraction of sp³-hybridized carbons (Fsp3) is 0.286. The zero-order chi connectivity index (χ0) is 19.0. The van der Waals surface area contributed by atoms with Crippen LogP contribution in [0.5, 0.6) is 0 Å². The predicted octanol–water partition coefficient (Wildman–Crippen LogP) is 3.31. The summed E-state index contributed by atoms with van der Waals surface area (Å²) in [5.41, 5.74) is 2.66. The smallest absolute Gasteiger partial charge is 0.338 e. The minimum atomic E-state index is -0.448. The van der Waals surface area contributed by atoms with Crippen LogP contribution >= 0.6 is 0 Å². The standard InChI is InChI=1S/C21H20N2O4/c1-13-6-3-4-7-14(13)16-12-19(24)27-20-15(16)9-10-18(22-20)23-11-5-8-17(23)21(25)26-2/h3-4,6-7,9-10,12,17H,5,8,11H2,1-2H3. The molecular formula is C21H20N2O4. The Morgan fingerprint density at radius 3 is 2.81 bits per heavy atom. The molecule has 0 amide bonds. The summed E-state index contributed by atoms with van der Waals surface area (Å²) in [4.78, 5) is 30.6. The summed E-state index contributed by atoms with van der Waals surface area (Å²) >= 11 is 0. The third-order valence-electron chi connectivity index (χ3n) is 5.05. The highest BCUT2D eigenvalue weighted by Crippen LogP contribution is 2.32. The Morgan fingerprint density at radius 2 is 2.04 bits per heavy atom. The maximum absolute atomic E-state index is 12.1. The van der Waals surface area contributed by atoms with Crippen molar-refractivity contribution in [2.75, 3.05) is 18.6 Å². The number of aryl methyl sites for hydroxylation is 1. The first-order valence-electron chi connectivity index (χ1n) is 8.94. The molecule has 138 valence electrons. The van der Waals surface area contributed by atoms with Gasteiger partial charge in [-0.05, 0) is 43.0 Å². The lowest BCUT2D eigenvalue weighted by atomic mass is 9.99. The van der Waals surface area contributed by atoms with Gasteiger partial charge in [0.05, 0.1) is 7.11 Å². The van der Waals surface area contributed by atoms with Crippen LogP contribution < -0.4 is 10.5 Å². The molecule has 3 heterocycles. The number of aromatic nitrogens is 1. The molecule has 0 aliphatic carbocycles. The van der Waals surface area contributed by atoms with E-state index in [1.54, 1.807) is 0 Å². The van der Waals surface area contributed by atoms with E-state index in [4.69, 9.17) is 9.15 Å². The number of ether oxygens (including phenoxy) is 1. The SMILES string of the molecule is COC(=O)C1CCCN1c1ccc2c(-c3ccccc3C)cc(=O)oc2n1. The molecule has 3 aromatic rings. The van der Waals surface area contributed by atoms with E-state index in [9.17, 15) is 9.59 Å². The van der Waals surface area contributed by atoms with Gasteiger partial charge in [-0.15, -0.1) is 0 Å². The maximum Gasteiger partial charge on any atom is 0.338 e. The third-order valence-corrected chi connectivity index (χ3v) is 5.05. The molecule has 1 unspecified atom stereocenters. The van der Waals surface area contributed by atoms with Gasteiger partial charge in [0.2, 0.25) is 5.71 Å². The molecule has 4 rings (SSSR count). The molecule has 1 aromatic carbocycles. The average molecular weight is 364 g/mol. The van der Waals surface area contributed by atoms with E-state index in [2.05, 4.69) is 4.98 Å². The van der Waals surface area contributed by atoms with Crippen LogP contribution in [0.4, 0.5) is 5.82 Å². The van der Waals surface area contributed by atoms with Crippen molar-refractivity contribution in [1.29, 1.82) is 0 Å². The molecule has 1 aliphatic rings. The number of nitrogens with zero attached hydrogens (tertiary/aromatic N) is 2. The number of anilines is 1. The van der Waals surface area contributed by atoms with Crippen molar-refractivity contribution in [1.82, 2.24) is 4.98 Å². The Hall–Kier alpha value is -3.15. The number of pyridine rings is 1. The van der Waals surface area contributed by atoms with Gasteiger partial charge in [-0.2, -0.15) is 4.98 Å². The first kappa shape index (κ1) is 17.3. The fourth-order valence-electron chi connectivity index (χ4n) is 3.71. The van der Waals surface area contributed by atoms with E-state index in [1.807, 2.05) is 48.2 Å². The fourth-order valence-corrected chi connectivity index (χ4v) is 3.71. The van der Waals surface area contributed by atoms with Gasteiger partial charge in [0.25, 0.3) is 0 Å². The van der Waals surface area contributed by atoms with Crippen LogP contribution in [0, 0.1) is 6.92 Å². The second-order valence-electron chi connectivity index (χ2n) is 6.69. The molecule has 0 N–H and O–H groups in total. The van der Waals surface area contributed by atoms with Gasteiger partial charge in [-0.1, -0.05) is 24.3 Å². The number of hydrogen-bond donors (Lipinski definition) is 0. The topological polar surface area (TPSA) is 72.6 Å². The molecule has 6 nitrogen and oxygen atoms in total. The number of esters is 1. The predicted molar refractivity (Wildman–Crippen MR) is 103 cm³/mol. The monoisotopic (exact) mass is 364 g/mol. The van der Waals surface area contributed by atoms with Crippen molar-refractivity contribution in [3.63, 3.8) is 0 Å². The van der Waals surface area contributed by atoms with E-state index in [0.717, 1.165) is 34.9 Å². The van der Waals surface area contributed by atoms with Crippen LogP contribution in [0.15, 0.2) is 51.7 Å². The number of benzene rings is 1. The summed E-state index contributed by atoms with van der Waals surface area (Å²) in [7, 11) is 1.39. The van der Waals surface area contributed by atoms with Crippen molar-refractivity contribution < 1.29 is 13.9 Å². The van der Waals surface area contributed by atoms with Crippen molar-refractivity contribution in [3.05, 3.63) is 58.4 Å². The van der Waals surface area contributed by atoms with Gasteiger partial charge in [0.1, 0.15) is 11.9 Å². The summed E-state index contributed by atoms with van der Waals surface area (Å²) in [5.74, 6) is 0.338. The molecule has 0 radical (unpaired) electrons. The molecule has 2 aromatic heterocycles. The van der Waals surface area contributed by atoms with Crippen LogP contribution in [0.25, 0.3) is 22.2 Å². The summed E-state index contributed by atoms with van der Waals surface area (Å²) in [6.07, 6.45) is 1.60. The van der Waals surface area contributed by atoms with Gasteiger partial charge in [0.15, 0.2) is 0 Å². The van der Waals surface area contributed by atoms with Crippen LogP contribution in [-0.4, -0.2) is 30.6 Å². The van der Waals surface area contributed by atoms with Gasteiger partial charge >= 0.3 is 11.6 Å². The van der Waals surface area contributed by atoms with Crippen molar-refractivity contribution >= 4 is 22.9 Å². The Balaban J connectivity index is 1.84. The first-order chi connectivity index (χ1) is 13.1. The highest BCUT2D eigenvalue weighted by atomic mass is 16.5. The van der Waals surface area contributed by atoms with Gasteiger partial charge in [0, 0.05) is 23.6 Å². The lowest BCUT2D eigenvalue weighted by Crippen LogP contribution is -2.37. The Labute approximate surface area is 156 Å². The Bertz CT molecular complexity index is 1070. The van der Waals surface area contributed by atoms with Gasteiger partial charge in [-0.3, -0.25) is 0 Å². The average Bonchev–Trinajstić information content (AvgIpc) is 3.16. The Kier molecular flexibility index (Phi) is 4.39. The maximum atomic E-state index is 12.1. The quantitative estimate of drug-likeness (QED) is 0.664. The normalized spacial score (nSPS) is 16.7. The van der Waals surface area contributed by atoms with Gasteiger partial charge in [-0.25, -0.2) is 9.59 Å². The molecule has 1 atom stereocenters. The molecule has 0 saturated carbocycles. The lowest BCUT2D eigenvalue weighted by Gasteiger charge is -2.23. The molecule has 0 bridgehead atoms. The number of carbonyl (C=O) groups is 1. The molecule has 1 fully saturated rings. The van der Waals surface area contributed by atoms with Crippen LogP contribution in [-0.2, 0) is 9.53 Å². The second kappa shape index (κ2) is 6.87. The summed E-state index contributed by atoms with van der Waals surface area (Å²) < 4.78 is 10.3. The van der Waals surface area contributed by atoms with E-state index in [0.29, 0.717) is 12.4 Å². The van der Waals surface area contributed by atoms with E-state index in [-0.39, 0.29) is 17.7 Å². The molecule has 1 aliphatic heterocycles. The van der Waals surface area contributed by atoms with Gasteiger partial charge < -0.3 is 14.1 Å². The summed E-state index contributed by atoms with van der Waals surface area (Å²) in [5, 5.41) is 0.765. The minimum absolute atomic E-state index is 0.272. The van der Waals surface area contributed by atoms with Crippen LogP contribution in [0.2, 0.25) is 0 Å². The highest BCUT2D eigenvalue weighted by Gasteiger charge is 2.32. The summed E-state index contributed by atoms with van der Waals surface area (Å²) in [6.45, 7) is 2.71. The van der Waals surface area contributed by atoms with Crippen molar-refractivity contribution in [3.8, 4) is 11.1 Å². The molecule has 0 spiro atoms. The largest absolute Gasteiger partial charge is 0.467 e. The highest BCUT2D eigenvalue weighted by molar-refractivity contribution is 5.93.